The van der Waals surface area contributed by atoms with Crippen LogP contribution in [-0.4, -0.2) is 43.1 Å². The molecule has 1 aliphatic heterocycles. The molecule has 0 saturated heterocycles. The quantitative estimate of drug-likeness (QED) is 0.724. The average molecular weight is 305 g/mol. The molecule has 2 aromatic rings. The van der Waals surface area contributed by atoms with Gasteiger partial charge in [-0.1, -0.05) is 0 Å². The Balaban J connectivity index is 1.76. The summed E-state index contributed by atoms with van der Waals surface area (Å²) < 4.78 is 7.20. The fraction of sp³-hybridized carbons (Fsp3) is 0.500. The molecule has 0 fully saturated rings. The van der Waals surface area contributed by atoms with Crippen molar-refractivity contribution in [2.24, 2.45) is 0 Å². The van der Waals surface area contributed by atoms with Crippen LogP contribution in [0.4, 0.5) is 0 Å². The number of nitrogens with zero attached hydrogens (tertiary/aromatic N) is 3. The van der Waals surface area contributed by atoms with Gasteiger partial charge in [-0.15, -0.1) is 0 Å². The lowest BCUT2D eigenvalue weighted by atomic mass is 9.90. The summed E-state index contributed by atoms with van der Waals surface area (Å²) >= 11 is 0. The highest BCUT2D eigenvalue weighted by molar-refractivity contribution is 5.28. The van der Waals surface area contributed by atoms with E-state index in [4.69, 9.17) is 4.74 Å². The third-order valence-electron chi connectivity index (χ3n) is 3.80. The van der Waals surface area contributed by atoms with E-state index < -0.39 is 17.7 Å². The normalized spacial score (nSPS) is 22.9. The molecule has 1 aliphatic rings. The van der Waals surface area contributed by atoms with Crippen molar-refractivity contribution in [2.75, 3.05) is 6.54 Å². The Bertz CT molecular complexity index is 708. The van der Waals surface area contributed by atoms with Crippen LogP contribution in [0.15, 0.2) is 29.5 Å². The standard InChI is InChI=1S/C14H19N5O3/c1-14(2)12(21)10(11-13(22-14)17-6-5-15-11)16-7-8-19-9(20)3-4-18-19/h3-6,10,12,16,18,21H,7-8H2,1-2H3. The monoisotopic (exact) mass is 305 g/mol. The molecule has 118 valence electrons. The van der Waals surface area contributed by atoms with Gasteiger partial charge in [0.15, 0.2) is 0 Å². The number of rotatable bonds is 4. The molecule has 3 N–H and O–H groups in total. The van der Waals surface area contributed by atoms with Gasteiger partial charge in [-0.05, 0) is 13.8 Å². The predicted molar refractivity (Wildman–Crippen MR) is 78.5 cm³/mol. The topological polar surface area (TPSA) is 105 Å². The number of H-pyrrole nitrogens is 1. The van der Waals surface area contributed by atoms with Gasteiger partial charge in [0.1, 0.15) is 17.4 Å². The lowest BCUT2D eigenvalue weighted by Crippen LogP contribution is -2.53. The number of aromatic amines is 1. The Hall–Kier alpha value is -2.19. The molecule has 0 amide bonds. The van der Waals surface area contributed by atoms with Gasteiger partial charge < -0.3 is 20.3 Å². The molecule has 0 aliphatic carbocycles. The molecule has 8 nitrogen and oxygen atoms in total. The number of fused-ring (bicyclic) bond motifs is 1. The van der Waals surface area contributed by atoms with Crippen LogP contribution in [0.5, 0.6) is 5.88 Å². The van der Waals surface area contributed by atoms with Crippen LogP contribution in [0.1, 0.15) is 25.6 Å². The second-order valence-corrected chi connectivity index (χ2v) is 5.78. The van der Waals surface area contributed by atoms with Gasteiger partial charge in [-0.2, -0.15) is 0 Å². The molecule has 0 saturated carbocycles. The van der Waals surface area contributed by atoms with E-state index in [-0.39, 0.29) is 5.56 Å². The van der Waals surface area contributed by atoms with Crippen molar-refractivity contribution < 1.29 is 9.84 Å². The van der Waals surface area contributed by atoms with Crippen LogP contribution in [0, 0.1) is 0 Å². The van der Waals surface area contributed by atoms with E-state index in [9.17, 15) is 9.90 Å². The van der Waals surface area contributed by atoms with Crippen molar-refractivity contribution in [1.82, 2.24) is 25.1 Å². The maximum atomic E-state index is 11.5. The smallest absolute Gasteiger partial charge is 0.266 e. The number of aliphatic hydroxyl groups is 1. The molecule has 3 heterocycles. The van der Waals surface area contributed by atoms with Crippen molar-refractivity contribution in [2.45, 2.75) is 38.1 Å². The van der Waals surface area contributed by atoms with Crippen molar-refractivity contribution in [3.8, 4) is 5.88 Å². The zero-order valence-corrected chi connectivity index (χ0v) is 12.5. The van der Waals surface area contributed by atoms with Crippen LogP contribution in [0.25, 0.3) is 0 Å². The van der Waals surface area contributed by atoms with E-state index >= 15 is 0 Å². The molecule has 2 aromatic heterocycles. The van der Waals surface area contributed by atoms with Gasteiger partial charge in [-0.25, -0.2) is 4.98 Å². The summed E-state index contributed by atoms with van der Waals surface area (Å²) in [7, 11) is 0. The van der Waals surface area contributed by atoms with Gasteiger partial charge in [0.05, 0.1) is 12.6 Å². The lowest BCUT2D eigenvalue weighted by Gasteiger charge is -2.40. The minimum atomic E-state index is -0.780. The first kappa shape index (κ1) is 14.7. The Morgan fingerprint density at radius 2 is 2.23 bits per heavy atom. The predicted octanol–water partition coefficient (Wildman–Crippen LogP) is -0.171. The SMILES string of the molecule is CC1(C)Oc2nccnc2C(NCCn2[nH]ccc2=O)C1O. The average Bonchev–Trinajstić information content (AvgIpc) is 2.88. The number of hydrogen-bond acceptors (Lipinski definition) is 6. The zero-order chi connectivity index (χ0) is 15.7. The summed E-state index contributed by atoms with van der Waals surface area (Å²) in [5.41, 5.74) is -0.285. The molecule has 8 heteroatoms. The molecule has 2 unspecified atom stereocenters. The van der Waals surface area contributed by atoms with Gasteiger partial charge in [0.25, 0.3) is 5.56 Å². The zero-order valence-electron chi connectivity index (χ0n) is 12.5. The van der Waals surface area contributed by atoms with E-state index in [1.165, 1.54) is 10.7 Å². The van der Waals surface area contributed by atoms with E-state index in [1.54, 1.807) is 32.4 Å². The first-order chi connectivity index (χ1) is 10.5. The largest absolute Gasteiger partial charge is 0.467 e. The van der Waals surface area contributed by atoms with Crippen LogP contribution in [0.2, 0.25) is 0 Å². The third-order valence-corrected chi connectivity index (χ3v) is 3.80. The van der Waals surface area contributed by atoms with Crippen LogP contribution >= 0.6 is 0 Å². The molecule has 0 aromatic carbocycles. The highest BCUT2D eigenvalue weighted by atomic mass is 16.5. The Labute approximate surface area is 127 Å². The third kappa shape index (κ3) is 2.62. The van der Waals surface area contributed by atoms with Crippen molar-refractivity contribution in [1.29, 1.82) is 0 Å². The Morgan fingerprint density at radius 3 is 2.95 bits per heavy atom. The Morgan fingerprint density at radius 1 is 1.45 bits per heavy atom. The minimum Gasteiger partial charge on any atom is -0.467 e. The molecular formula is C14H19N5O3. The maximum absolute atomic E-state index is 11.5. The first-order valence-electron chi connectivity index (χ1n) is 7.14. The van der Waals surface area contributed by atoms with Gasteiger partial charge >= 0.3 is 0 Å². The summed E-state index contributed by atoms with van der Waals surface area (Å²) in [4.78, 5) is 19.9. The first-order valence-corrected chi connectivity index (χ1v) is 7.14. The Kier molecular flexibility index (Phi) is 3.71. The number of ether oxygens (including phenoxy) is 1. The number of aliphatic hydroxyl groups excluding tert-OH is 1. The summed E-state index contributed by atoms with van der Waals surface area (Å²) in [6.45, 7) is 4.57. The minimum absolute atomic E-state index is 0.0881. The van der Waals surface area contributed by atoms with Crippen LogP contribution in [-0.2, 0) is 6.54 Å². The maximum Gasteiger partial charge on any atom is 0.266 e. The van der Waals surface area contributed by atoms with E-state index in [0.717, 1.165) is 0 Å². The van der Waals surface area contributed by atoms with Crippen molar-refractivity contribution >= 4 is 0 Å². The summed E-state index contributed by atoms with van der Waals surface area (Å²) in [5, 5.41) is 16.6. The molecule has 0 spiro atoms. The summed E-state index contributed by atoms with van der Waals surface area (Å²) in [6, 6.07) is 1.06. The lowest BCUT2D eigenvalue weighted by molar-refractivity contribution is -0.0691. The number of nitrogens with one attached hydrogen (secondary N) is 2. The van der Waals surface area contributed by atoms with Gasteiger partial charge in [0, 0.05) is 31.2 Å². The number of aromatic nitrogens is 4. The summed E-state index contributed by atoms with van der Waals surface area (Å²) in [6.07, 6.45) is 3.94. The van der Waals surface area contributed by atoms with E-state index in [2.05, 4.69) is 20.4 Å². The van der Waals surface area contributed by atoms with Crippen LogP contribution < -0.4 is 15.6 Å². The molecule has 0 radical (unpaired) electrons. The molecular weight excluding hydrogens is 286 g/mol. The number of hydrogen-bond donors (Lipinski definition) is 3. The fourth-order valence-electron chi connectivity index (χ4n) is 2.56. The van der Waals surface area contributed by atoms with Gasteiger partial charge in [-0.3, -0.25) is 14.5 Å². The second-order valence-electron chi connectivity index (χ2n) is 5.78. The summed E-state index contributed by atoms with van der Waals surface area (Å²) in [5.74, 6) is 0.423. The van der Waals surface area contributed by atoms with Gasteiger partial charge in [0.2, 0.25) is 5.88 Å². The van der Waals surface area contributed by atoms with Crippen molar-refractivity contribution in [3.63, 3.8) is 0 Å². The molecule has 3 rings (SSSR count). The van der Waals surface area contributed by atoms with E-state index in [0.29, 0.717) is 24.7 Å². The fourth-order valence-corrected chi connectivity index (χ4v) is 2.56. The highest BCUT2D eigenvalue weighted by Crippen LogP contribution is 2.36. The molecule has 2 atom stereocenters. The highest BCUT2D eigenvalue weighted by Gasteiger charge is 2.44. The molecule has 22 heavy (non-hydrogen) atoms. The van der Waals surface area contributed by atoms with Crippen LogP contribution in [0.3, 0.4) is 0 Å². The second kappa shape index (κ2) is 5.54. The van der Waals surface area contributed by atoms with Crippen molar-refractivity contribution in [3.05, 3.63) is 40.7 Å². The van der Waals surface area contributed by atoms with E-state index in [1.807, 2.05) is 0 Å². The molecule has 0 bridgehead atoms.